The monoisotopic (exact) mass is 915 g/mol. The molecule has 3 heterocycles. The van der Waals surface area contributed by atoms with E-state index in [0.29, 0.717) is 5.92 Å². The molecule has 0 unspecified atom stereocenters. The van der Waals surface area contributed by atoms with Gasteiger partial charge in [0.1, 0.15) is 0 Å². The van der Waals surface area contributed by atoms with Gasteiger partial charge in [-0.1, -0.05) is 164 Å². The summed E-state index contributed by atoms with van der Waals surface area (Å²) in [6.07, 6.45) is 5.76. The van der Waals surface area contributed by atoms with Gasteiger partial charge in [0.2, 0.25) is 0 Å². The van der Waals surface area contributed by atoms with Crippen LogP contribution in [-0.4, -0.2) is 6.71 Å². The second-order valence-corrected chi connectivity index (χ2v) is 26.7. The van der Waals surface area contributed by atoms with Gasteiger partial charge in [0.25, 0.3) is 6.71 Å². The van der Waals surface area contributed by atoms with Crippen LogP contribution in [0.1, 0.15) is 156 Å². The molecule has 0 amide bonds. The topological polar surface area (TPSA) is 6.48 Å². The standard InChI is InChI=1S/C64H75BN2S/c1-40(2)29-30-62(10,11)45-23-26-52(47(36-45)43-19-17-16-18-20-43)67-53-27-22-44(61(7,8)9)37-51(53)65-57-54(33-41(3)34-55(57)67)66(46-24-25-49-50(38-46)64(14,15)32-31-63(49,12)13)58-48-35-42(39-60(4,5)6)21-28-56(48)68-59(58)65/h16-28,33-38,40H,29-32,39H2,1-15H3. The molecule has 0 bridgehead atoms. The van der Waals surface area contributed by atoms with Crippen molar-refractivity contribution in [2.24, 2.45) is 11.3 Å². The van der Waals surface area contributed by atoms with Crippen LogP contribution in [0.5, 0.6) is 0 Å². The molecule has 0 N–H and O–H groups in total. The highest BCUT2D eigenvalue weighted by Gasteiger charge is 2.47. The summed E-state index contributed by atoms with van der Waals surface area (Å²) < 4.78 is 2.81. The zero-order valence-electron chi connectivity index (χ0n) is 44.0. The van der Waals surface area contributed by atoms with Gasteiger partial charge in [0, 0.05) is 43.2 Å². The molecule has 0 atom stereocenters. The normalized spacial score (nSPS) is 16.2. The largest absolute Gasteiger partial charge is 0.311 e. The molecule has 6 aromatic carbocycles. The molecule has 350 valence electrons. The summed E-state index contributed by atoms with van der Waals surface area (Å²) in [5, 5.41) is 1.37. The molecule has 68 heavy (non-hydrogen) atoms. The van der Waals surface area contributed by atoms with Gasteiger partial charge >= 0.3 is 0 Å². The summed E-state index contributed by atoms with van der Waals surface area (Å²) in [5.74, 6) is 0.664. The van der Waals surface area contributed by atoms with Crippen LogP contribution in [0.4, 0.5) is 34.1 Å². The van der Waals surface area contributed by atoms with Crippen molar-refractivity contribution in [2.45, 2.75) is 158 Å². The van der Waals surface area contributed by atoms with Gasteiger partial charge in [-0.15, -0.1) is 11.3 Å². The Morgan fingerprint density at radius 3 is 1.99 bits per heavy atom. The lowest BCUT2D eigenvalue weighted by Crippen LogP contribution is -2.60. The lowest BCUT2D eigenvalue weighted by molar-refractivity contribution is 0.332. The molecule has 0 spiro atoms. The van der Waals surface area contributed by atoms with E-state index in [1.165, 1.54) is 124 Å². The van der Waals surface area contributed by atoms with E-state index in [2.05, 4.69) is 229 Å². The second kappa shape index (κ2) is 16.3. The van der Waals surface area contributed by atoms with Crippen LogP contribution in [-0.2, 0) is 28.1 Å². The minimum absolute atomic E-state index is 0.0239. The Morgan fingerprint density at radius 2 is 1.31 bits per heavy atom. The first-order chi connectivity index (χ1) is 31.9. The molecule has 7 aromatic rings. The van der Waals surface area contributed by atoms with E-state index in [4.69, 9.17) is 0 Å². The average molecular weight is 915 g/mol. The molecule has 0 fully saturated rings. The number of aryl methyl sites for hydroxylation is 1. The molecule has 1 aromatic heterocycles. The fourth-order valence-electron chi connectivity index (χ4n) is 11.9. The highest BCUT2D eigenvalue weighted by atomic mass is 32.1. The number of rotatable bonds is 8. The van der Waals surface area contributed by atoms with Crippen LogP contribution >= 0.6 is 11.3 Å². The summed E-state index contributed by atoms with van der Waals surface area (Å²) in [7, 11) is 0. The van der Waals surface area contributed by atoms with E-state index in [0.717, 1.165) is 12.8 Å². The molecule has 0 saturated heterocycles. The molecule has 2 nitrogen and oxygen atoms in total. The SMILES string of the molecule is Cc1cc2c3c(c1)N(c1ccc4c(c1)C(C)(C)CCC4(C)C)c1c(sc4ccc(CC(C)(C)C)cc14)B3c1cc(C(C)(C)C)ccc1N2c1ccc(C(C)(C)CCC(C)C)cc1-c1ccccc1. The van der Waals surface area contributed by atoms with Crippen LogP contribution in [0.15, 0.2) is 115 Å². The van der Waals surface area contributed by atoms with Gasteiger partial charge in [-0.25, -0.2) is 0 Å². The maximum atomic E-state index is 2.71. The van der Waals surface area contributed by atoms with Crippen molar-refractivity contribution < 1.29 is 0 Å². The fraction of sp³-hybridized carbons (Fsp3) is 0.406. The van der Waals surface area contributed by atoms with Crippen molar-refractivity contribution in [2.75, 3.05) is 9.80 Å². The third-order valence-corrected chi connectivity index (χ3v) is 17.2. The highest BCUT2D eigenvalue weighted by molar-refractivity contribution is 7.33. The van der Waals surface area contributed by atoms with Gasteiger partial charge in [0.15, 0.2) is 0 Å². The Morgan fingerprint density at radius 1 is 0.647 bits per heavy atom. The van der Waals surface area contributed by atoms with E-state index in [-0.39, 0.29) is 33.8 Å². The van der Waals surface area contributed by atoms with E-state index in [9.17, 15) is 0 Å². The molecule has 1 aliphatic carbocycles. The van der Waals surface area contributed by atoms with Crippen LogP contribution < -0.4 is 25.5 Å². The Kier molecular flexibility index (Phi) is 11.2. The van der Waals surface area contributed by atoms with E-state index >= 15 is 0 Å². The number of benzene rings is 6. The zero-order valence-corrected chi connectivity index (χ0v) is 44.8. The van der Waals surface area contributed by atoms with Crippen LogP contribution in [0.2, 0.25) is 0 Å². The molecule has 0 radical (unpaired) electrons. The summed E-state index contributed by atoms with van der Waals surface area (Å²) in [5.41, 5.74) is 21.9. The van der Waals surface area contributed by atoms with Crippen molar-refractivity contribution in [3.8, 4) is 11.1 Å². The fourth-order valence-corrected chi connectivity index (χ4v) is 13.2. The maximum Gasteiger partial charge on any atom is 0.264 e. The first-order valence-corrected chi connectivity index (χ1v) is 26.5. The third-order valence-electron chi connectivity index (χ3n) is 16.0. The van der Waals surface area contributed by atoms with Gasteiger partial charge in [-0.2, -0.15) is 0 Å². The molecule has 3 aliphatic rings. The second-order valence-electron chi connectivity index (χ2n) is 25.6. The van der Waals surface area contributed by atoms with Gasteiger partial charge < -0.3 is 9.80 Å². The molecule has 2 aliphatic heterocycles. The average Bonchev–Trinajstić information content (AvgIpc) is 3.64. The summed E-state index contributed by atoms with van der Waals surface area (Å²) in [4.78, 5) is 5.37. The summed E-state index contributed by atoms with van der Waals surface area (Å²) in [6.45, 7) is 36.0. The van der Waals surface area contributed by atoms with Gasteiger partial charge in [-0.3, -0.25) is 0 Å². The van der Waals surface area contributed by atoms with Gasteiger partial charge in [0.05, 0.1) is 11.4 Å². The van der Waals surface area contributed by atoms with Crippen molar-refractivity contribution >= 4 is 78.0 Å². The number of hydrogen-bond donors (Lipinski definition) is 0. The van der Waals surface area contributed by atoms with Crippen LogP contribution in [0.3, 0.4) is 0 Å². The minimum Gasteiger partial charge on any atom is -0.311 e. The lowest BCUT2D eigenvalue weighted by atomic mass is 9.36. The Balaban J connectivity index is 1.30. The molecule has 0 saturated carbocycles. The van der Waals surface area contributed by atoms with E-state index < -0.39 is 0 Å². The Labute approximate surface area is 414 Å². The molecular formula is C64H75BN2S. The van der Waals surface area contributed by atoms with Crippen molar-refractivity contribution in [1.29, 1.82) is 0 Å². The number of thiophene rings is 1. The summed E-state index contributed by atoms with van der Waals surface area (Å²) in [6, 6.07) is 46.0. The summed E-state index contributed by atoms with van der Waals surface area (Å²) >= 11 is 2.02. The van der Waals surface area contributed by atoms with Crippen molar-refractivity contribution in [3.05, 3.63) is 149 Å². The van der Waals surface area contributed by atoms with Crippen molar-refractivity contribution in [3.63, 3.8) is 0 Å². The van der Waals surface area contributed by atoms with E-state index in [1.807, 2.05) is 11.3 Å². The smallest absolute Gasteiger partial charge is 0.264 e. The molecular weight excluding hydrogens is 840 g/mol. The molecule has 10 rings (SSSR count). The Hall–Kier alpha value is -5.06. The first kappa shape index (κ1) is 46.7. The number of nitrogens with zero attached hydrogens (tertiary/aromatic N) is 2. The first-order valence-electron chi connectivity index (χ1n) is 25.7. The Bertz CT molecular complexity index is 3090. The predicted molar refractivity (Wildman–Crippen MR) is 300 cm³/mol. The zero-order chi connectivity index (χ0) is 48.5. The highest BCUT2D eigenvalue weighted by Crippen LogP contribution is 2.53. The molecule has 4 heteroatoms. The van der Waals surface area contributed by atoms with Crippen LogP contribution in [0.25, 0.3) is 21.2 Å². The van der Waals surface area contributed by atoms with Gasteiger partial charge in [-0.05, 0) is 170 Å². The van der Waals surface area contributed by atoms with Crippen molar-refractivity contribution in [1.82, 2.24) is 0 Å². The number of fused-ring (bicyclic) bond motifs is 7. The lowest BCUT2D eigenvalue weighted by Gasteiger charge is -2.45. The maximum absolute atomic E-state index is 2.71. The van der Waals surface area contributed by atoms with Crippen LogP contribution in [0, 0.1) is 18.3 Å². The third kappa shape index (κ3) is 8.05. The quantitative estimate of drug-likeness (QED) is 0.140. The van der Waals surface area contributed by atoms with E-state index in [1.54, 1.807) is 0 Å². The minimum atomic E-state index is -0.0239. The number of anilines is 6. The number of hydrogen-bond acceptors (Lipinski definition) is 3. The predicted octanol–water partition coefficient (Wildman–Crippen LogP) is 16.9.